The highest BCUT2D eigenvalue weighted by Crippen LogP contribution is 2.08. The third kappa shape index (κ3) is 4.03. The van der Waals surface area contributed by atoms with Crippen molar-refractivity contribution in [2.45, 2.75) is 45.2 Å². The Kier molecular flexibility index (Phi) is 5.58. The van der Waals surface area contributed by atoms with Crippen LogP contribution in [-0.4, -0.2) is 22.4 Å². The lowest BCUT2D eigenvalue weighted by molar-refractivity contribution is 0.364. The first-order valence-corrected chi connectivity index (χ1v) is 5.85. The first-order chi connectivity index (χ1) is 7.75. The highest BCUT2D eigenvalue weighted by molar-refractivity contribution is 4.83. The Hall–Kier alpha value is -1.34. The van der Waals surface area contributed by atoms with E-state index in [1.807, 2.05) is 16.9 Å². The standard InChI is InChI=1S/C12H20N4/c1-11(14-8-5-3-4-7-13)12(2)16-10-6-9-15-16/h6,9-12,14H,3-5,8H2,1-2H3. The number of aromatic nitrogens is 2. The molecule has 16 heavy (non-hydrogen) atoms. The highest BCUT2D eigenvalue weighted by Gasteiger charge is 2.12. The van der Waals surface area contributed by atoms with Crippen molar-refractivity contribution in [3.05, 3.63) is 18.5 Å². The Bertz CT molecular complexity index is 312. The van der Waals surface area contributed by atoms with Gasteiger partial charge in [0.05, 0.1) is 12.1 Å². The monoisotopic (exact) mass is 220 g/mol. The molecule has 0 aromatic carbocycles. The third-order valence-electron chi connectivity index (χ3n) is 2.85. The number of nitrogens with zero attached hydrogens (tertiary/aromatic N) is 3. The fourth-order valence-corrected chi connectivity index (χ4v) is 1.58. The van der Waals surface area contributed by atoms with Gasteiger partial charge in [0, 0.05) is 24.9 Å². The van der Waals surface area contributed by atoms with Gasteiger partial charge in [0.15, 0.2) is 0 Å². The molecule has 0 amide bonds. The molecule has 0 saturated heterocycles. The first-order valence-electron chi connectivity index (χ1n) is 5.85. The van der Waals surface area contributed by atoms with Crippen LogP contribution in [0.2, 0.25) is 0 Å². The SMILES string of the molecule is CC(NCCCCC#N)C(C)n1cccn1. The molecule has 0 fully saturated rings. The summed E-state index contributed by atoms with van der Waals surface area (Å²) < 4.78 is 1.97. The largest absolute Gasteiger partial charge is 0.312 e. The van der Waals surface area contributed by atoms with E-state index in [-0.39, 0.29) is 0 Å². The predicted molar refractivity (Wildman–Crippen MR) is 63.9 cm³/mol. The molecule has 2 atom stereocenters. The van der Waals surface area contributed by atoms with Crippen LogP contribution in [0.5, 0.6) is 0 Å². The summed E-state index contributed by atoms with van der Waals surface area (Å²) in [4.78, 5) is 0. The van der Waals surface area contributed by atoms with Crippen LogP contribution in [0.15, 0.2) is 18.5 Å². The van der Waals surface area contributed by atoms with E-state index in [2.05, 4.69) is 30.3 Å². The molecule has 0 bridgehead atoms. The second kappa shape index (κ2) is 7.02. The number of hydrogen-bond donors (Lipinski definition) is 1. The fraction of sp³-hybridized carbons (Fsp3) is 0.667. The van der Waals surface area contributed by atoms with Crippen LogP contribution in [0, 0.1) is 11.3 Å². The number of nitrogens with one attached hydrogen (secondary N) is 1. The average molecular weight is 220 g/mol. The Morgan fingerprint density at radius 1 is 1.44 bits per heavy atom. The van der Waals surface area contributed by atoms with Gasteiger partial charge in [-0.1, -0.05) is 0 Å². The lowest BCUT2D eigenvalue weighted by Crippen LogP contribution is -2.34. The van der Waals surface area contributed by atoms with Crippen molar-refractivity contribution in [2.24, 2.45) is 0 Å². The van der Waals surface area contributed by atoms with Crippen molar-refractivity contribution in [1.29, 1.82) is 5.26 Å². The van der Waals surface area contributed by atoms with Crippen LogP contribution >= 0.6 is 0 Å². The van der Waals surface area contributed by atoms with Crippen LogP contribution in [0.25, 0.3) is 0 Å². The molecule has 0 spiro atoms. The maximum atomic E-state index is 8.41. The van der Waals surface area contributed by atoms with Crippen LogP contribution in [0.4, 0.5) is 0 Å². The highest BCUT2D eigenvalue weighted by atomic mass is 15.3. The quantitative estimate of drug-likeness (QED) is 0.716. The van der Waals surface area contributed by atoms with Crippen molar-refractivity contribution >= 4 is 0 Å². The maximum absolute atomic E-state index is 8.41. The van der Waals surface area contributed by atoms with Gasteiger partial charge in [0.25, 0.3) is 0 Å². The van der Waals surface area contributed by atoms with E-state index in [0.717, 1.165) is 19.4 Å². The molecule has 4 nitrogen and oxygen atoms in total. The van der Waals surface area contributed by atoms with E-state index in [4.69, 9.17) is 5.26 Å². The minimum atomic E-state index is 0.353. The van der Waals surface area contributed by atoms with E-state index in [0.29, 0.717) is 18.5 Å². The van der Waals surface area contributed by atoms with Gasteiger partial charge in [-0.15, -0.1) is 0 Å². The zero-order chi connectivity index (χ0) is 11.8. The summed E-state index contributed by atoms with van der Waals surface area (Å²) in [6.07, 6.45) is 6.48. The van der Waals surface area contributed by atoms with Crippen molar-refractivity contribution in [1.82, 2.24) is 15.1 Å². The maximum Gasteiger partial charge on any atom is 0.0641 e. The molecule has 0 radical (unpaired) electrons. The summed E-state index contributed by atoms with van der Waals surface area (Å²) in [5.41, 5.74) is 0. The molecule has 4 heteroatoms. The summed E-state index contributed by atoms with van der Waals surface area (Å²) >= 11 is 0. The first kappa shape index (κ1) is 12.7. The van der Waals surface area contributed by atoms with E-state index >= 15 is 0 Å². The van der Waals surface area contributed by atoms with Gasteiger partial charge in [0.2, 0.25) is 0 Å². The lowest BCUT2D eigenvalue weighted by Gasteiger charge is -2.21. The summed E-state index contributed by atoms with van der Waals surface area (Å²) in [5.74, 6) is 0. The van der Waals surface area contributed by atoms with Gasteiger partial charge in [-0.25, -0.2) is 0 Å². The molecule has 1 N–H and O–H groups in total. The summed E-state index contributed by atoms with van der Waals surface area (Å²) in [6.45, 7) is 5.28. The van der Waals surface area contributed by atoms with Crippen LogP contribution < -0.4 is 5.32 Å². The predicted octanol–water partition coefficient (Wildman–Crippen LogP) is 2.12. The molecule has 0 aliphatic heterocycles. The zero-order valence-electron chi connectivity index (χ0n) is 10.1. The lowest BCUT2D eigenvalue weighted by atomic mass is 10.1. The second-order valence-corrected chi connectivity index (χ2v) is 4.08. The smallest absolute Gasteiger partial charge is 0.0641 e. The van der Waals surface area contributed by atoms with Gasteiger partial charge < -0.3 is 5.32 Å². The van der Waals surface area contributed by atoms with Gasteiger partial charge >= 0.3 is 0 Å². The van der Waals surface area contributed by atoms with Crippen molar-refractivity contribution < 1.29 is 0 Å². The summed E-state index contributed by atoms with van der Waals surface area (Å²) in [6, 6.07) is 4.84. The molecule has 0 saturated carbocycles. The second-order valence-electron chi connectivity index (χ2n) is 4.08. The summed E-state index contributed by atoms with van der Waals surface area (Å²) in [5, 5.41) is 16.1. The van der Waals surface area contributed by atoms with E-state index in [9.17, 15) is 0 Å². The molecule has 2 unspecified atom stereocenters. The van der Waals surface area contributed by atoms with Crippen molar-refractivity contribution in [3.8, 4) is 6.07 Å². The van der Waals surface area contributed by atoms with Crippen LogP contribution in [0.3, 0.4) is 0 Å². The third-order valence-corrected chi connectivity index (χ3v) is 2.85. The minimum Gasteiger partial charge on any atom is -0.312 e. The Balaban J connectivity index is 2.20. The Morgan fingerprint density at radius 2 is 2.25 bits per heavy atom. The number of nitriles is 1. The Labute approximate surface area is 97.3 Å². The van der Waals surface area contributed by atoms with E-state index < -0.39 is 0 Å². The number of unbranched alkanes of at least 4 members (excludes halogenated alkanes) is 2. The molecular formula is C12H20N4. The molecule has 1 aromatic heterocycles. The van der Waals surface area contributed by atoms with Gasteiger partial charge in [-0.3, -0.25) is 4.68 Å². The van der Waals surface area contributed by atoms with E-state index in [1.165, 1.54) is 0 Å². The molecule has 1 aromatic rings. The fourth-order valence-electron chi connectivity index (χ4n) is 1.58. The molecule has 0 aliphatic carbocycles. The van der Waals surface area contributed by atoms with E-state index in [1.54, 1.807) is 6.20 Å². The number of hydrogen-bond acceptors (Lipinski definition) is 3. The topological polar surface area (TPSA) is 53.6 Å². The van der Waals surface area contributed by atoms with Crippen LogP contribution in [0.1, 0.15) is 39.2 Å². The molecule has 1 rings (SSSR count). The summed E-state index contributed by atoms with van der Waals surface area (Å²) in [7, 11) is 0. The molecule has 0 aliphatic rings. The van der Waals surface area contributed by atoms with Gasteiger partial charge in [0.1, 0.15) is 0 Å². The molecule has 88 valence electrons. The van der Waals surface area contributed by atoms with Gasteiger partial charge in [-0.05, 0) is 39.3 Å². The number of rotatable bonds is 7. The van der Waals surface area contributed by atoms with Crippen molar-refractivity contribution in [3.63, 3.8) is 0 Å². The minimum absolute atomic E-state index is 0.353. The van der Waals surface area contributed by atoms with Crippen LogP contribution in [-0.2, 0) is 0 Å². The molecular weight excluding hydrogens is 200 g/mol. The normalized spacial score (nSPS) is 14.3. The average Bonchev–Trinajstić information content (AvgIpc) is 2.81. The van der Waals surface area contributed by atoms with Gasteiger partial charge in [-0.2, -0.15) is 10.4 Å². The van der Waals surface area contributed by atoms with Crippen molar-refractivity contribution in [2.75, 3.05) is 6.54 Å². The zero-order valence-corrected chi connectivity index (χ0v) is 10.1. The Morgan fingerprint density at radius 3 is 2.88 bits per heavy atom. The molecule has 1 heterocycles.